The molecule has 26 heavy (non-hydrogen) atoms. The molecular formula is C17H20N4O4S. The minimum Gasteiger partial charge on any atom is -0.497 e. The number of aromatic amines is 1. The lowest BCUT2D eigenvalue weighted by molar-refractivity contribution is -0.138. The van der Waals surface area contributed by atoms with Crippen LogP contribution in [0.25, 0.3) is 11.0 Å². The van der Waals surface area contributed by atoms with Crippen molar-refractivity contribution in [2.75, 3.05) is 19.5 Å². The molecule has 1 aliphatic heterocycles. The number of carbonyl (C=O) groups is 2. The van der Waals surface area contributed by atoms with Crippen molar-refractivity contribution in [2.45, 2.75) is 25.0 Å². The number of fused-ring (bicyclic) bond motifs is 1. The summed E-state index contributed by atoms with van der Waals surface area (Å²) in [7, 11) is 1.61. The smallest absolute Gasteiger partial charge is 0.337 e. The van der Waals surface area contributed by atoms with Gasteiger partial charge in [0, 0.05) is 17.5 Å². The maximum Gasteiger partial charge on any atom is 0.337 e. The summed E-state index contributed by atoms with van der Waals surface area (Å²) in [6.45, 7) is 3.77. The number of aromatic nitrogens is 2. The predicted octanol–water partition coefficient (Wildman–Crippen LogP) is 2.18. The number of nitrogens with one attached hydrogen (secondary N) is 3. The lowest BCUT2D eigenvalue weighted by Crippen LogP contribution is -2.49. The minimum atomic E-state index is -0.433. The third kappa shape index (κ3) is 3.77. The second-order valence-corrected chi connectivity index (χ2v) is 6.61. The van der Waals surface area contributed by atoms with E-state index in [0.717, 1.165) is 16.8 Å². The zero-order valence-corrected chi connectivity index (χ0v) is 15.5. The van der Waals surface area contributed by atoms with Gasteiger partial charge in [-0.3, -0.25) is 0 Å². The number of amides is 2. The van der Waals surface area contributed by atoms with Crippen molar-refractivity contribution in [3.8, 4) is 5.75 Å². The Morgan fingerprint density at radius 1 is 1.38 bits per heavy atom. The van der Waals surface area contributed by atoms with Crippen molar-refractivity contribution in [1.29, 1.82) is 0 Å². The van der Waals surface area contributed by atoms with E-state index in [1.54, 1.807) is 21.0 Å². The van der Waals surface area contributed by atoms with Gasteiger partial charge in [-0.25, -0.2) is 14.6 Å². The Balaban J connectivity index is 1.82. The summed E-state index contributed by atoms with van der Waals surface area (Å²) in [6.07, 6.45) is 0. The highest BCUT2D eigenvalue weighted by molar-refractivity contribution is 7.99. The fraction of sp³-hybridized carbons (Fsp3) is 0.353. The first kappa shape index (κ1) is 18.1. The van der Waals surface area contributed by atoms with Gasteiger partial charge in [0.05, 0.1) is 36.4 Å². The molecule has 3 rings (SSSR count). The van der Waals surface area contributed by atoms with Crippen molar-refractivity contribution in [2.24, 2.45) is 0 Å². The first-order valence-corrected chi connectivity index (χ1v) is 9.14. The maximum absolute atomic E-state index is 12.2. The molecular weight excluding hydrogens is 356 g/mol. The SMILES string of the molecule is CCOC(=O)C1=C(CSc2nc3ccc(OC)cc3[nH]2)NC(=O)N[C@@H]1C. The van der Waals surface area contributed by atoms with Crippen LogP contribution in [0.15, 0.2) is 34.6 Å². The molecule has 0 aliphatic carbocycles. The largest absolute Gasteiger partial charge is 0.497 e. The number of benzene rings is 1. The molecule has 2 amide bonds. The molecule has 0 fully saturated rings. The zero-order chi connectivity index (χ0) is 18.7. The van der Waals surface area contributed by atoms with Crippen LogP contribution in [0.5, 0.6) is 5.75 Å². The molecule has 2 heterocycles. The van der Waals surface area contributed by atoms with Crippen LogP contribution in [0.1, 0.15) is 13.8 Å². The molecule has 8 nitrogen and oxygen atoms in total. The highest BCUT2D eigenvalue weighted by atomic mass is 32.2. The Morgan fingerprint density at radius 2 is 2.19 bits per heavy atom. The molecule has 1 aromatic carbocycles. The zero-order valence-electron chi connectivity index (χ0n) is 14.7. The van der Waals surface area contributed by atoms with Gasteiger partial charge in [0.1, 0.15) is 5.75 Å². The van der Waals surface area contributed by atoms with Crippen LogP contribution in [0.4, 0.5) is 4.79 Å². The van der Waals surface area contributed by atoms with Crippen molar-refractivity contribution in [3.05, 3.63) is 29.5 Å². The Kier molecular flexibility index (Phi) is 5.36. The Morgan fingerprint density at radius 3 is 2.92 bits per heavy atom. The Hall–Kier alpha value is -2.68. The van der Waals surface area contributed by atoms with Crippen molar-refractivity contribution >= 4 is 34.8 Å². The number of ether oxygens (including phenoxy) is 2. The molecule has 3 N–H and O–H groups in total. The van der Waals surface area contributed by atoms with E-state index in [2.05, 4.69) is 20.6 Å². The lowest BCUT2D eigenvalue weighted by atomic mass is 10.1. The van der Waals surface area contributed by atoms with Gasteiger partial charge in [-0.2, -0.15) is 0 Å². The van der Waals surface area contributed by atoms with Gasteiger partial charge < -0.3 is 25.1 Å². The molecule has 0 unspecified atom stereocenters. The summed E-state index contributed by atoms with van der Waals surface area (Å²) >= 11 is 1.39. The molecule has 0 saturated heterocycles. The van der Waals surface area contributed by atoms with E-state index < -0.39 is 12.0 Å². The van der Waals surface area contributed by atoms with E-state index in [-0.39, 0.29) is 12.6 Å². The standard InChI is InChI=1S/C17H20N4O4S/c1-4-25-15(22)14-9(2)18-16(23)19-13(14)8-26-17-20-11-6-5-10(24-3)7-12(11)21-17/h5-7,9H,4,8H2,1-3H3,(H,20,21)(H2,18,19,23)/t9-/m1/s1. The Bertz CT molecular complexity index is 877. The van der Waals surface area contributed by atoms with E-state index in [4.69, 9.17) is 9.47 Å². The summed E-state index contributed by atoms with van der Waals surface area (Å²) in [5.74, 6) is 0.685. The van der Waals surface area contributed by atoms with Gasteiger partial charge >= 0.3 is 12.0 Å². The molecule has 0 bridgehead atoms. The number of H-pyrrole nitrogens is 1. The third-order valence-electron chi connectivity index (χ3n) is 3.89. The van der Waals surface area contributed by atoms with Crippen molar-refractivity contribution in [3.63, 3.8) is 0 Å². The topological polar surface area (TPSA) is 105 Å². The van der Waals surface area contributed by atoms with Gasteiger partial charge in [-0.15, -0.1) is 0 Å². The highest BCUT2D eigenvalue weighted by Gasteiger charge is 2.29. The molecule has 2 aromatic rings. The second-order valence-electron chi connectivity index (χ2n) is 5.65. The van der Waals surface area contributed by atoms with Gasteiger partial charge in [0.2, 0.25) is 0 Å². The highest BCUT2D eigenvalue weighted by Crippen LogP contribution is 2.26. The van der Waals surface area contributed by atoms with Gasteiger partial charge in [0.25, 0.3) is 0 Å². The summed E-state index contributed by atoms with van der Waals surface area (Å²) in [4.78, 5) is 31.7. The van der Waals surface area contributed by atoms with Crippen LogP contribution in [0, 0.1) is 0 Å². The van der Waals surface area contributed by atoms with Crippen LogP contribution < -0.4 is 15.4 Å². The van der Waals surface area contributed by atoms with E-state index >= 15 is 0 Å². The van der Waals surface area contributed by atoms with Crippen molar-refractivity contribution < 1.29 is 19.1 Å². The van der Waals surface area contributed by atoms with Crippen LogP contribution in [-0.4, -0.2) is 47.5 Å². The van der Waals surface area contributed by atoms with Crippen LogP contribution in [-0.2, 0) is 9.53 Å². The number of carbonyl (C=O) groups excluding carboxylic acids is 2. The number of methoxy groups -OCH3 is 1. The first-order chi connectivity index (χ1) is 12.5. The number of esters is 1. The van der Waals surface area contributed by atoms with Gasteiger partial charge in [-0.1, -0.05) is 11.8 Å². The summed E-state index contributed by atoms with van der Waals surface area (Å²) in [6, 6.07) is 4.82. The van der Waals surface area contributed by atoms with E-state index in [0.29, 0.717) is 22.2 Å². The monoisotopic (exact) mass is 376 g/mol. The average Bonchev–Trinajstić information content (AvgIpc) is 3.01. The number of rotatable bonds is 6. The molecule has 138 valence electrons. The summed E-state index contributed by atoms with van der Waals surface area (Å²) in [5, 5.41) is 6.06. The first-order valence-electron chi connectivity index (χ1n) is 8.16. The van der Waals surface area contributed by atoms with E-state index in [1.807, 2.05) is 18.2 Å². The van der Waals surface area contributed by atoms with Crippen LogP contribution >= 0.6 is 11.8 Å². The fourth-order valence-electron chi connectivity index (χ4n) is 2.69. The normalized spacial score (nSPS) is 17.0. The fourth-order valence-corrected chi connectivity index (χ4v) is 3.55. The van der Waals surface area contributed by atoms with Gasteiger partial charge in [-0.05, 0) is 26.0 Å². The Labute approximate surface area is 154 Å². The number of thioether (sulfide) groups is 1. The van der Waals surface area contributed by atoms with Gasteiger partial charge in [0.15, 0.2) is 5.16 Å². The summed E-state index contributed by atoms with van der Waals surface area (Å²) in [5.41, 5.74) is 2.63. The van der Waals surface area contributed by atoms with Crippen molar-refractivity contribution in [1.82, 2.24) is 20.6 Å². The summed E-state index contributed by atoms with van der Waals surface area (Å²) < 4.78 is 10.3. The molecule has 1 atom stereocenters. The number of imidazole rings is 1. The molecule has 0 radical (unpaired) electrons. The quantitative estimate of drug-likeness (QED) is 0.527. The third-order valence-corrected chi connectivity index (χ3v) is 4.79. The van der Waals surface area contributed by atoms with E-state index in [1.165, 1.54) is 11.8 Å². The molecule has 1 aromatic heterocycles. The predicted molar refractivity (Wildman–Crippen MR) is 98.2 cm³/mol. The average molecular weight is 376 g/mol. The molecule has 1 aliphatic rings. The molecule has 0 saturated carbocycles. The molecule has 9 heteroatoms. The minimum absolute atomic E-state index is 0.273. The number of hydrogen-bond acceptors (Lipinski definition) is 6. The number of urea groups is 1. The second kappa shape index (κ2) is 7.69. The number of hydrogen-bond donors (Lipinski definition) is 3. The molecule has 0 spiro atoms. The van der Waals surface area contributed by atoms with Crippen LogP contribution in [0.2, 0.25) is 0 Å². The van der Waals surface area contributed by atoms with Crippen LogP contribution in [0.3, 0.4) is 0 Å². The number of nitrogens with zero attached hydrogens (tertiary/aromatic N) is 1. The maximum atomic E-state index is 12.2. The van der Waals surface area contributed by atoms with E-state index in [9.17, 15) is 9.59 Å². The lowest BCUT2D eigenvalue weighted by Gasteiger charge is -2.26.